The molecule has 0 spiro atoms. The van der Waals surface area contributed by atoms with Gasteiger partial charge in [-0.25, -0.2) is 4.98 Å². The molecule has 3 heterocycles. The highest BCUT2D eigenvalue weighted by molar-refractivity contribution is 5.75. The predicted octanol–water partition coefficient (Wildman–Crippen LogP) is 2.04. The third-order valence-corrected chi connectivity index (χ3v) is 4.05. The molecule has 0 bridgehead atoms. The number of rotatable bonds is 3. The lowest BCUT2D eigenvalue weighted by Gasteiger charge is -2.33. The van der Waals surface area contributed by atoms with Crippen LogP contribution in [0.1, 0.15) is 5.56 Å². The number of ether oxygens (including phenoxy) is 1. The molecule has 23 heavy (non-hydrogen) atoms. The number of aromatic nitrogens is 4. The summed E-state index contributed by atoms with van der Waals surface area (Å²) in [5, 5.41) is 4.34. The van der Waals surface area contributed by atoms with Crippen LogP contribution in [0.15, 0.2) is 42.9 Å². The van der Waals surface area contributed by atoms with Crippen molar-refractivity contribution in [3.05, 3.63) is 48.4 Å². The molecule has 1 saturated heterocycles. The Labute approximate surface area is 134 Å². The maximum Gasteiger partial charge on any atom is 0.148 e. The van der Waals surface area contributed by atoms with Crippen molar-refractivity contribution in [3.8, 4) is 0 Å². The first-order chi connectivity index (χ1) is 11.3. The highest BCUT2D eigenvalue weighted by Crippen LogP contribution is 2.18. The lowest BCUT2D eigenvalue weighted by molar-refractivity contribution is 0.0272. The Morgan fingerprint density at radius 2 is 2.09 bits per heavy atom. The van der Waals surface area contributed by atoms with Gasteiger partial charge in [0.1, 0.15) is 5.82 Å². The fraction of sp³-hybridized carbons (Fsp3) is 0.353. The van der Waals surface area contributed by atoms with E-state index >= 15 is 0 Å². The van der Waals surface area contributed by atoms with Crippen molar-refractivity contribution in [1.29, 1.82) is 0 Å². The van der Waals surface area contributed by atoms with Crippen LogP contribution >= 0.6 is 0 Å². The highest BCUT2D eigenvalue weighted by Gasteiger charge is 2.22. The third kappa shape index (κ3) is 3.03. The summed E-state index contributed by atoms with van der Waals surface area (Å²) in [6, 6.07) is 7.95. The molecule has 1 fully saturated rings. The van der Waals surface area contributed by atoms with Crippen LogP contribution in [0.4, 0.5) is 5.82 Å². The lowest BCUT2D eigenvalue weighted by Crippen LogP contribution is -2.44. The predicted molar refractivity (Wildman–Crippen MR) is 88.5 cm³/mol. The summed E-state index contributed by atoms with van der Waals surface area (Å²) in [4.78, 5) is 11.5. The van der Waals surface area contributed by atoms with Crippen molar-refractivity contribution in [2.75, 3.05) is 24.6 Å². The minimum absolute atomic E-state index is 0.108. The molecule has 0 aliphatic carbocycles. The van der Waals surface area contributed by atoms with Crippen LogP contribution in [0, 0.1) is 6.92 Å². The van der Waals surface area contributed by atoms with E-state index in [4.69, 9.17) is 9.72 Å². The highest BCUT2D eigenvalue weighted by atomic mass is 16.5. The normalized spacial score (nSPS) is 18.5. The monoisotopic (exact) mass is 309 g/mol. The Kier molecular flexibility index (Phi) is 3.67. The zero-order valence-electron chi connectivity index (χ0n) is 13.1. The molecular weight excluding hydrogens is 290 g/mol. The van der Waals surface area contributed by atoms with Crippen molar-refractivity contribution in [3.63, 3.8) is 0 Å². The molecule has 118 valence electrons. The smallest absolute Gasteiger partial charge is 0.148 e. The standard InChI is InChI=1S/C17H19N5O/c1-13-8-19-22(10-13)12-14-11-21(6-7-23-14)17-9-18-15-4-2-3-5-16(15)20-17/h2-5,8-10,14H,6-7,11-12H2,1H3/t14-/m1/s1. The number of nitrogens with zero attached hydrogens (tertiary/aromatic N) is 5. The van der Waals surface area contributed by atoms with Crippen molar-refractivity contribution in [1.82, 2.24) is 19.7 Å². The molecule has 1 aromatic carbocycles. The van der Waals surface area contributed by atoms with Crippen LogP contribution in [0.3, 0.4) is 0 Å². The van der Waals surface area contributed by atoms with E-state index in [9.17, 15) is 0 Å². The van der Waals surface area contributed by atoms with Gasteiger partial charge in [0.2, 0.25) is 0 Å². The number of para-hydroxylation sites is 2. The molecule has 2 aromatic heterocycles. The Morgan fingerprint density at radius 3 is 2.91 bits per heavy atom. The topological polar surface area (TPSA) is 56.1 Å². The van der Waals surface area contributed by atoms with Crippen LogP contribution in [0.25, 0.3) is 11.0 Å². The number of benzene rings is 1. The average molecular weight is 309 g/mol. The number of morpholine rings is 1. The largest absolute Gasteiger partial charge is 0.373 e. The van der Waals surface area contributed by atoms with Crippen LogP contribution in [0.5, 0.6) is 0 Å². The van der Waals surface area contributed by atoms with E-state index in [1.165, 1.54) is 0 Å². The van der Waals surface area contributed by atoms with Gasteiger partial charge < -0.3 is 9.64 Å². The Bertz CT molecular complexity index is 815. The third-order valence-electron chi connectivity index (χ3n) is 4.05. The number of aryl methyl sites for hydroxylation is 1. The van der Waals surface area contributed by atoms with Crippen molar-refractivity contribution in [2.24, 2.45) is 0 Å². The molecule has 6 heteroatoms. The quantitative estimate of drug-likeness (QED) is 0.741. The van der Waals surface area contributed by atoms with Gasteiger partial charge >= 0.3 is 0 Å². The molecule has 0 unspecified atom stereocenters. The molecule has 3 aromatic rings. The van der Waals surface area contributed by atoms with Crippen molar-refractivity contribution in [2.45, 2.75) is 19.6 Å². The van der Waals surface area contributed by atoms with Gasteiger partial charge in [-0.1, -0.05) is 12.1 Å². The number of hydrogen-bond acceptors (Lipinski definition) is 5. The van der Waals surface area contributed by atoms with E-state index in [2.05, 4.69) is 15.0 Å². The maximum absolute atomic E-state index is 5.88. The summed E-state index contributed by atoms with van der Waals surface area (Å²) in [6.07, 6.45) is 5.87. The second-order valence-electron chi connectivity index (χ2n) is 5.90. The molecule has 0 radical (unpaired) electrons. The molecule has 1 aliphatic heterocycles. The molecule has 6 nitrogen and oxygen atoms in total. The zero-order chi connectivity index (χ0) is 15.6. The first-order valence-electron chi connectivity index (χ1n) is 7.85. The fourth-order valence-corrected chi connectivity index (χ4v) is 2.91. The van der Waals surface area contributed by atoms with Gasteiger partial charge in [-0.05, 0) is 24.6 Å². The molecule has 0 saturated carbocycles. The minimum Gasteiger partial charge on any atom is -0.373 e. The van der Waals surface area contributed by atoms with Gasteiger partial charge in [-0.15, -0.1) is 0 Å². The number of hydrogen-bond donors (Lipinski definition) is 0. The first kappa shape index (κ1) is 14.1. The summed E-state index contributed by atoms with van der Waals surface area (Å²) < 4.78 is 7.82. The molecular formula is C17H19N5O. The average Bonchev–Trinajstić information content (AvgIpc) is 2.99. The first-order valence-corrected chi connectivity index (χ1v) is 7.85. The van der Waals surface area contributed by atoms with E-state index in [1.807, 2.05) is 54.5 Å². The SMILES string of the molecule is Cc1cnn(C[C@H]2CN(c3cnc4ccccc4n3)CCO2)c1. The number of fused-ring (bicyclic) bond motifs is 1. The summed E-state index contributed by atoms with van der Waals surface area (Å²) in [5.74, 6) is 0.911. The van der Waals surface area contributed by atoms with Crippen LogP contribution in [-0.2, 0) is 11.3 Å². The molecule has 4 rings (SSSR count). The second-order valence-corrected chi connectivity index (χ2v) is 5.90. The van der Waals surface area contributed by atoms with E-state index in [0.717, 1.165) is 42.0 Å². The summed E-state index contributed by atoms with van der Waals surface area (Å²) >= 11 is 0. The molecule has 0 N–H and O–H groups in total. The van der Waals surface area contributed by atoms with E-state index in [0.29, 0.717) is 6.61 Å². The van der Waals surface area contributed by atoms with E-state index < -0.39 is 0 Å². The Balaban J connectivity index is 1.51. The van der Waals surface area contributed by atoms with Gasteiger partial charge in [0.25, 0.3) is 0 Å². The van der Waals surface area contributed by atoms with Gasteiger partial charge in [-0.2, -0.15) is 5.10 Å². The van der Waals surface area contributed by atoms with Crippen molar-refractivity contribution < 1.29 is 4.74 Å². The Morgan fingerprint density at radius 1 is 1.22 bits per heavy atom. The van der Waals surface area contributed by atoms with Gasteiger partial charge in [0.15, 0.2) is 0 Å². The summed E-state index contributed by atoms with van der Waals surface area (Å²) in [7, 11) is 0. The maximum atomic E-state index is 5.88. The molecule has 1 atom stereocenters. The van der Waals surface area contributed by atoms with Gasteiger partial charge in [-0.3, -0.25) is 9.67 Å². The molecule has 1 aliphatic rings. The van der Waals surface area contributed by atoms with Crippen LogP contribution in [0.2, 0.25) is 0 Å². The fourth-order valence-electron chi connectivity index (χ4n) is 2.91. The summed E-state index contributed by atoms with van der Waals surface area (Å²) in [5.41, 5.74) is 3.02. The van der Waals surface area contributed by atoms with Gasteiger partial charge in [0.05, 0.1) is 42.7 Å². The Hall–Kier alpha value is -2.47. The van der Waals surface area contributed by atoms with Gasteiger partial charge in [0, 0.05) is 19.3 Å². The zero-order valence-corrected chi connectivity index (χ0v) is 13.1. The van der Waals surface area contributed by atoms with Crippen LogP contribution in [-0.4, -0.2) is 45.5 Å². The lowest BCUT2D eigenvalue weighted by atomic mass is 10.2. The minimum atomic E-state index is 0.108. The molecule has 0 amide bonds. The van der Waals surface area contributed by atoms with Crippen LogP contribution < -0.4 is 4.90 Å². The van der Waals surface area contributed by atoms with E-state index in [1.54, 1.807) is 0 Å². The second kappa shape index (κ2) is 5.96. The summed E-state index contributed by atoms with van der Waals surface area (Å²) in [6.45, 7) is 5.13. The van der Waals surface area contributed by atoms with E-state index in [-0.39, 0.29) is 6.10 Å². The van der Waals surface area contributed by atoms with Crippen molar-refractivity contribution >= 4 is 16.9 Å². The number of anilines is 1.